The first-order valence-electron chi connectivity index (χ1n) is 6.33. The first kappa shape index (κ1) is 16.3. The highest BCUT2D eigenvalue weighted by atomic mass is 35.5. The van der Waals surface area contributed by atoms with E-state index in [4.69, 9.17) is 16.3 Å². The van der Waals surface area contributed by atoms with Crippen LogP contribution in [0.1, 0.15) is 37.6 Å². The minimum atomic E-state index is -0.719. The molecule has 0 unspecified atom stereocenters. The van der Waals surface area contributed by atoms with Crippen molar-refractivity contribution in [2.45, 2.75) is 27.2 Å². The molecule has 0 spiro atoms. The molecule has 0 saturated carbocycles. The summed E-state index contributed by atoms with van der Waals surface area (Å²) in [6, 6.07) is 6.52. The molecule has 106 valence electrons. The number of benzene rings is 1. The van der Waals surface area contributed by atoms with Crippen LogP contribution in [-0.4, -0.2) is 18.4 Å². The maximum absolute atomic E-state index is 11.8. The zero-order chi connectivity index (χ0) is 15.2. The van der Waals surface area contributed by atoms with Gasteiger partial charge in [-0.1, -0.05) is 17.5 Å². The van der Waals surface area contributed by atoms with E-state index in [-0.39, 0.29) is 18.2 Å². The molecule has 0 aliphatic rings. The largest absolute Gasteiger partial charge is 0.466 e. The number of ketones is 1. The van der Waals surface area contributed by atoms with Crippen molar-refractivity contribution in [2.75, 3.05) is 6.61 Å². The summed E-state index contributed by atoms with van der Waals surface area (Å²) in [6.45, 7) is 5.57. The maximum Gasteiger partial charge on any atom is 0.312 e. The van der Waals surface area contributed by atoms with Gasteiger partial charge in [-0.3, -0.25) is 9.59 Å². The Morgan fingerprint density at radius 3 is 2.40 bits per heavy atom. The Bertz CT molecular complexity index is 547. The lowest BCUT2D eigenvalue weighted by atomic mass is 9.90. The summed E-state index contributed by atoms with van der Waals surface area (Å²) in [6.07, 6.45) is 0.269. The molecule has 0 aliphatic heterocycles. The van der Waals surface area contributed by atoms with Crippen LogP contribution in [0.4, 0.5) is 0 Å². The van der Waals surface area contributed by atoms with Gasteiger partial charge in [-0.05, 0) is 51.0 Å². The average Bonchev–Trinajstić information content (AvgIpc) is 2.39. The predicted octanol–water partition coefficient (Wildman–Crippen LogP) is 3.51. The summed E-state index contributed by atoms with van der Waals surface area (Å²) < 4.78 is 4.96. The Morgan fingerprint density at radius 2 is 1.85 bits per heavy atom. The van der Waals surface area contributed by atoms with E-state index in [2.05, 4.69) is 11.8 Å². The zero-order valence-electron chi connectivity index (χ0n) is 11.8. The topological polar surface area (TPSA) is 43.4 Å². The van der Waals surface area contributed by atoms with E-state index in [0.717, 1.165) is 0 Å². The summed E-state index contributed by atoms with van der Waals surface area (Å²) in [5.74, 6) is 4.67. The second-order valence-corrected chi connectivity index (χ2v) is 5.36. The van der Waals surface area contributed by atoms with Crippen LogP contribution in [0.25, 0.3) is 0 Å². The first-order valence-corrected chi connectivity index (χ1v) is 6.70. The fourth-order valence-electron chi connectivity index (χ4n) is 1.42. The molecular weight excluding hydrogens is 276 g/mol. The van der Waals surface area contributed by atoms with Crippen LogP contribution in [0.15, 0.2) is 24.3 Å². The molecule has 1 aromatic rings. The summed E-state index contributed by atoms with van der Waals surface area (Å²) in [7, 11) is 0. The summed E-state index contributed by atoms with van der Waals surface area (Å²) in [5, 5.41) is 0.568. The van der Waals surface area contributed by atoms with Gasteiger partial charge in [-0.15, -0.1) is 0 Å². The molecule has 0 amide bonds. The van der Waals surface area contributed by atoms with E-state index < -0.39 is 5.41 Å². The number of Topliss-reactive ketones (excluding diaryl/α,β-unsaturated/α-hetero) is 1. The van der Waals surface area contributed by atoms with Gasteiger partial charge in [0.1, 0.15) is 0 Å². The number of hydrogen-bond acceptors (Lipinski definition) is 3. The van der Waals surface area contributed by atoms with E-state index in [1.165, 1.54) is 0 Å². The third-order valence-electron chi connectivity index (χ3n) is 2.67. The lowest BCUT2D eigenvalue weighted by molar-refractivity contribution is -0.153. The van der Waals surface area contributed by atoms with Crippen LogP contribution < -0.4 is 0 Å². The van der Waals surface area contributed by atoms with E-state index in [1.807, 2.05) is 0 Å². The van der Waals surface area contributed by atoms with E-state index in [1.54, 1.807) is 45.0 Å². The Kier molecular flexibility index (Phi) is 5.79. The van der Waals surface area contributed by atoms with Crippen molar-refractivity contribution < 1.29 is 14.3 Å². The minimum absolute atomic E-state index is 0.269. The van der Waals surface area contributed by atoms with Crippen LogP contribution in [0.5, 0.6) is 0 Å². The molecular formula is C16H17ClO3. The average molecular weight is 293 g/mol. The fourth-order valence-corrected chi connectivity index (χ4v) is 1.54. The number of carbonyl (C=O) groups excluding carboxylic acids is 2. The van der Waals surface area contributed by atoms with Crippen molar-refractivity contribution in [2.24, 2.45) is 5.41 Å². The maximum atomic E-state index is 11.8. The number of rotatable bonds is 4. The smallest absolute Gasteiger partial charge is 0.312 e. The molecule has 1 rings (SSSR count). The lowest BCUT2D eigenvalue weighted by Crippen LogP contribution is -2.26. The van der Waals surface area contributed by atoms with Gasteiger partial charge in [-0.2, -0.15) is 0 Å². The molecule has 4 heteroatoms. The predicted molar refractivity (Wildman–Crippen MR) is 78.6 cm³/mol. The van der Waals surface area contributed by atoms with Gasteiger partial charge >= 0.3 is 5.97 Å². The van der Waals surface area contributed by atoms with E-state index in [9.17, 15) is 9.59 Å². The highest BCUT2D eigenvalue weighted by molar-refractivity contribution is 6.30. The van der Waals surface area contributed by atoms with Crippen LogP contribution in [0.2, 0.25) is 5.02 Å². The Hall–Kier alpha value is -1.79. The van der Waals surface area contributed by atoms with Gasteiger partial charge in [0, 0.05) is 17.0 Å². The van der Waals surface area contributed by atoms with Crippen molar-refractivity contribution >= 4 is 23.4 Å². The molecule has 0 aliphatic carbocycles. The molecule has 0 saturated heterocycles. The summed E-state index contributed by atoms with van der Waals surface area (Å²) in [5.41, 5.74) is -0.237. The van der Waals surface area contributed by atoms with Gasteiger partial charge in [0.05, 0.1) is 12.0 Å². The van der Waals surface area contributed by atoms with Crippen molar-refractivity contribution in [1.29, 1.82) is 0 Å². The molecule has 0 N–H and O–H groups in total. The Morgan fingerprint density at radius 1 is 1.25 bits per heavy atom. The standard InChI is InChI=1S/C16H17ClO3/c1-4-20-15(19)16(2,3)11-5-6-14(18)12-7-9-13(17)10-8-12/h7-10H,4,11H2,1-3H3. The van der Waals surface area contributed by atoms with Crippen molar-refractivity contribution in [1.82, 2.24) is 0 Å². The quantitative estimate of drug-likeness (QED) is 0.369. The molecule has 3 nitrogen and oxygen atoms in total. The van der Waals surface area contributed by atoms with Crippen LogP contribution >= 0.6 is 11.6 Å². The molecule has 0 atom stereocenters. The van der Waals surface area contributed by atoms with Gasteiger partial charge in [-0.25, -0.2) is 0 Å². The van der Waals surface area contributed by atoms with Crippen molar-refractivity contribution in [3.63, 3.8) is 0 Å². The van der Waals surface area contributed by atoms with Crippen LogP contribution in [0, 0.1) is 17.3 Å². The molecule has 0 aromatic heterocycles. The molecule has 0 bridgehead atoms. The highest BCUT2D eigenvalue weighted by Crippen LogP contribution is 2.21. The van der Waals surface area contributed by atoms with Crippen LogP contribution in [0.3, 0.4) is 0 Å². The van der Waals surface area contributed by atoms with Gasteiger partial charge in [0.2, 0.25) is 5.78 Å². The van der Waals surface area contributed by atoms with Crippen molar-refractivity contribution in [3.05, 3.63) is 34.9 Å². The Balaban J connectivity index is 2.68. The van der Waals surface area contributed by atoms with Gasteiger partial charge < -0.3 is 4.74 Å². The first-order chi connectivity index (χ1) is 9.36. The third-order valence-corrected chi connectivity index (χ3v) is 2.92. The molecule has 0 fully saturated rings. The number of esters is 1. The molecule has 0 heterocycles. The van der Waals surface area contributed by atoms with Crippen molar-refractivity contribution in [3.8, 4) is 11.8 Å². The monoisotopic (exact) mass is 292 g/mol. The summed E-state index contributed by atoms with van der Waals surface area (Å²) in [4.78, 5) is 23.5. The number of halogens is 1. The van der Waals surface area contributed by atoms with Gasteiger partial charge in [0.25, 0.3) is 0 Å². The zero-order valence-corrected chi connectivity index (χ0v) is 12.6. The highest BCUT2D eigenvalue weighted by Gasteiger charge is 2.28. The normalized spacial score (nSPS) is 10.4. The lowest BCUT2D eigenvalue weighted by Gasteiger charge is -2.18. The Labute approximate surface area is 124 Å². The number of hydrogen-bond donors (Lipinski definition) is 0. The fraction of sp³-hybridized carbons (Fsp3) is 0.375. The van der Waals surface area contributed by atoms with Crippen LogP contribution in [-0.2, 0) is 9.53 Å². The number of carbonyl (C=O) groups is 2. The molecule has 20 heavy (non-hydrogen) atoms. The van der Waals surface area contributed by atoms with E-state index >= 15 is 0 Å². The number of ether oxygens (including phenoxy) is 1. The summed E-state index contributed by atoms with van der Waals surface area (Å²) >= 11 is 5.75. The van der Waals surface area contributed by atoms with Gasteiger partial charge in [0.15, 0.2) is 0 Å². The SMILES string of the molecule is CCOC(=O)C(C)(C)CC#CC(=O)c1ccc(Cl)cc1. The minimum Gasteiger partial charge on any atom is -0.466 e. The van der Waals surface area contributed by atoms with E-state index in [0.29, 0.717) is 17.2 Å². The molecule has 0 radical (unpaired) electrons. The second kappa shape index (κ2) is 7.12. The molecule has 1 aromatic carbocycles. The second-order valence-electron chi connectivity index (χ2n) is 4.92. The third kappa shape index (κ3) is 4.71.